The minimum absolute atomic E-state index is 0.0643. The van der Waals surface area contributed by atoms with E-state index in [0.717, 1.165) is 37.2 Å². The van der Waals surface area contributed by atoms with Gasteiger partial charge in [0.1, 0.15) is 0 Å². The Morgan fingerprint density at radius 2 is 1.96 bits per heavy atom. The molecule has 1 aliphatic heterocycles. The Kier molecular flexibility index (Phi) is 5.98. The van der Waals surface area contributed by atoms with Gasteiger partial charge in [0.25, 0.3) is 0 Å². The fourth-order valence-corrected chi connectivity index (χ4v) is 2.49. The van der Waals surface area contributed by atoms with Crippen molar-refractivity contribution in [3.05, 3.63) is 29.8 Å². The molecule has 0 saturated carbocycles. The zero-order chi connectivity index (χ0) is 16.8. The van der Waals surface area contributed by atoms with Gasteiger partial charge in [0.2, 0.25) is 5.91 Å². The Labute approximate surface area is 137 Å². The summed E-state index contributed by atoms with van der Waals surface area (Å²) >= 11 is 0. The van der Waals surface area contributed by atoms with E-state index in [0.29, 0.717) is 6.54 Å². The maximum Gasteiger partial charge on any atom is 0.321 e. The Morgan fingerprint density at radius 3 is 2.61 bits per heavy atom. The molecule has 2 rings (SSSR count). The minimum atomic E-state index is -0.506. The summed E-state index contributed by atoms with van der Waals surface area (Å²) in [6.07, 6.45) is 2.13. The van der Waals surface area contributed by atoms with Crippen molar-refractivity contribution in [3.8, 4) is 0 Å². The molecule has 1 aliphatic rings. The van der Waals surface area contributed by atoms with E-state index in [2.05, 4.69) is 10.6 Å². The van der Waals surface area contributed by atoms with Crippen LogP contribution in [0.25, 0.3) is 0 Å². The number of carbonyl (C=O) groups is 2. The highest BCUT2D eigenvalue weighted by Crippen LogP contribution is 2.14. The molecule has 1 fully saturated rings. The van der Waals surface area contributed by atoms with E-state index < -0.39 is 6.04 Å². The van der Waals surface area contributed by atoms with Crippen LogP contribution < -0.4 is 16.4 Å². The van der Waals surface area contributed by atoms with Crippen molar-refractivity contribution in [2.75, 3.05) is 18.4 Å². The highest BCUT2D eigenvalue weighted by atomic mass is 16.2. The zero-order valence-corrected chi connectivity index (χ0v) is 13.8. The van der Waals surface area contributed by atoms with Crippen molar-refractivity contribution >= 4 is 17.6 Å². The van der Waals surface area contributed by atoms with E-state index in [4.69, 9.17) is 5.73 Å². The van der Waals surface area contributed by atoms with Crippen molar-refractivity contribution in [1.29, 1.82) is 0 Å². The number of rotatable bonds is 5. The molecular formula is C17H26N4O2. The fraction of sp³-hybridized carbons (Fsp3) is 0.529. The predicted octanol–water partition coefficient (Wildman–Crippen LogP) is 1.91. The van der Waals surface area contributed by atoms with Crippen LogP contribution in [0.15, 0.2) is 24.3 Å². The number of amides is 3. The van der Waals surface area contributed by atoms with Crippen molar-refractivity contribution in [2.24, 2.45) is 11.7 Å². The minimum Gasteiger partial charge on any atom is -0.351 e. The highest BCUT2D eigenvalue weighted by molar-refractivity contribution is 5.89. The van der Waals surface area contributed by atoms with Gasteiger partial charge in [-0.25, -0.2) is 4.79 Å². The molecule has 1 saturated heterocycles. The maximum absolute atomic E-state index is 12.1. The van der Waals surface area contributed by atoms with Gasteiger partial charge in [0.05, 0.1) is 6.04 Å². The first-order valence-corrected chi connectivity index (χ1v) is 8.15. The number of nitrogens with two attached hydrogens (primary N) is 1. The number of hydrogen-bond acceptors (Lipinski definition) is 3. The Bertz CT molecular complexity index is 553. The molecule has 0 radical (unpaired) electrons. The molecule has 6 nitrogen and oxygen atoms in total. The number of nitrogens with zero attached hydrogens (tertiary/aromatic N) is 1. The monoisotopic (exact) mass is 318 g/mol. The Hall–Kier alpha value is -2.08. The third kappa shape index (κ3) is 4.96. The molecule has 0 spiro atoms. The summed E-state index contributed by atoms with van der Waals surface area (Å²) in [6.45, 7) is 5.85. The lowest BCUT2D eigenvalue weighted by Gasteiger charge is -2.17. The second-order valence-corrected chi connectivity index (χ2v) is 6.31. The summed E-state index contributed by atoms with van der Waals surface area (Å²) in [5.74, 6) is -0.0624. The molecule has 4 N–H and O–H groups in total. The van der Waals surface area contributed by atoms with Crippen LogP contribution in [0.1, 0.15) is 32.3 Å². The van der Waals surface area contributed by atoms with Crippen molar-refractivity contribution < 1.29 is 9.59 Å². The van der Waals surface area contributed by atoms with Gasteiger partial charge in [-0.05, 0) is 36.5 Å². The highest BCUT2D eigenvalue weighted by Gasteiger charge is 2.18. The van der Waals surface area contributed by atoms with E-state index in [9.17, 15) is 9.59 Å². The molecule has 126 valence electrons. The van der Waals surface area contributed by atoms with Gasteiger partial charge in [-0.15, -0.1) is 0 Å². The molecule has 1 heterocycles. The summed E-state index contributed by atoms with van der Waals surface area (Å²) in [5, 5.41) is 5.73. The van der Waals surface area contributed by atoms with Gasteiger partial charge in [0, 0.05) is 25.3 Å². The number of urea groups is 1. The summed E-state index contributed by atoms with van der Waals surface area (Å²) in [6, 6.07) is 6.92. The predicted molar refractivity (Wildman–Crippen MR) is 90.9 cm³/mol. The topological polar surface area (TPSA) is 87.5 Å². The first-order valence-electron chi connectivity index (χ1n) is 8.15. The largest absolute Gasteiger partial charge is 0.351 e. The Balaban J connectivity index is 1.89. The van der Waals surface area contributed by atoms with Crippen molar-refractivity contribution in [3.63, 3.8) is 0 Å². The quantitative estimate of drug-likeness (QED) is 0.775. The molecule has 1 atom stereocenters. The lowest BCUT2D eigenvalue weighted by Crippen LogP contribution is -2.43. The zero-order valence-electron chi connectivity index (χ0n) is 13.8. The first kappa shape index (κ1) is 17.3. The van der Waals surface area contributed by atoms with Gasteiger partial charge in [-0.2, -0.15) is 0 Å². The molecule has 0 aromatic heterocycles. The van der Waals surface area contributed by atoms with Crippen LogP contribution in [-0.4, -0.2) is 36.0 Å². The van der Waals surface area contributed by atoms with E-state index >= 15 is 0 Å². The normalized spacial score (nSPS) is 15.6. The number of likely N-dealkylation sites (tertiary alicyclic amines) is 1. The first-order chi connectivity index (χ1) is 11.0. The van der Waals surface area contributed by atoms with Gasteiger partial charge < -0.3 is 21.3 Å². The lowest BCUT2D eigenvalue weighted by molar-refractivity contribution is -0.123. The van der Waals surface area contributed by atoms with Crippen LogP contribution in [0.5, 0.6) is 0 Å². The fourth-order valence-electron chi connectivity index (χ4n) is 2.49. The lowest BCUT2D eigenvalue weighted by atomic mass is 10.0. The third-order valence-corrected chi connectivity index (χ3v) is 4.06. The second-order valence-electron chi connectivity index (χ2n) is 6.31. The average Bonchev–Trinajstić information content (AvgIpc) is 3.06. The molecule has 1 aromatic carbocycles. The number of anilines is 1. The second kappa shape index (κ2) is 7.97. The average molecular weight is 318 g/mol. The third-order valence-electron chi connectivity index (χ3n) is 4.06. The van der Waals surface area contributed by atoms with Gasteiger partial charge in [-0.3, -0.25) is 4.79 Å². The van der Waals surface area contributed by atoms with Crippen LogP contribution in [0.4, 0.5) is 10.5 Å². The summed E-state index contributed by atoms with van der Waals surface area (Å²) in [5.41, 5.74) is 7.48. The molecule has 1 aromatic rings. The van der Waals surface area contributed by atoms with E-state index in [1.54, 1.807) is 0 Å². The van der Waals surface area contributed by atoms with Crippen LogP contribution in [0, 0.1) is 5.92 Å². The number of hydrogen-bond donors (Lipinski definition) is 3. The number of benzene rings is 1. The summed E-state index contributed by atoms with van der Waals surface area (Å²) in [7, 11) is 0. The molecule has 6 heteroatoms. The molecule has 0 aliphatic carbocycles. The van der Waals surface area contributed by atoms with Crippen LogP contribution in [0.2, 0.25) is 0 Å². The molecule has 23 heavy (non-hydrogen) atoms. The van der Waals surface area contributed by atoms with Crippen LogP contribution >= 0.6 is 0 Å². The molecular weight excluding hydrogens is 292 g/mol. The van der Waals surface area contributed by atoms with Crippen LogP contribution in [-0.2, 0) is 11.3 Å². The van der Waals surface area contributed by atoms with Gasteiger partial charge in [-0.1, -0.05) is 26.0 Å². The maximum atomic E-state index is 12.1. The smallest absolute Gasteiger partial charge is 0.321 e. The number of carbonyl (C=O) groups excluding carboxylic acids is 2. The van der Waals surface area contributed by atoms with Crippen molar-refractivity contribution in [1.82, 2.24) is 10.2 Å². The van der Waals surface area contributed by atoms with E-state index in [1.165, 1.54) is 0 Å². The molecule has 0 unspecified atom stereocenters. The SMILES string of the molecule is CC(C)[C@H](N)C(=O)NCc1cccc(NC(=O)N2CCCC2)c1. The molecule has 0 bridgehead atoms. The van der Waals surface area contributed by atoms with Crippen molar-refractivity contribution in [2.45, 2.75) is 39.3 Å². The van der Waals surface area contributed by atoms with E-state index in [1.807, 2.05) is 43.0 Å². The van der Waals surface area contributed by atoms with Gasteiger partial charge >= 0.3 is 6.03 Å². The van der Waals surface area contributed by atoms with E-state index in [-0.39, 0.29) is 17.9 Å². The Morgan fingerprint density at radius 1 is 1.26 bits per heavy atom. The summed E-state index contributed by atoms with van der Waals surface area (Å²) in [4.78, 5) is 25.8. The summed E-state index contributed by atoms with van der Waals surface area (Å²) < 4.78 is 0. The standard InChI is InChI=1S/C17H26N4O2/c1-12(2)15(18)16(22)19-11-13-6-5-7-14(10-13)20-17(23)21-8-3-4-9-21/h5-7,10,12,15H,3-4,8-9,11,18H2,1-2H3,(H,19,22)(H,20,23)/t15-/m0/s1. The van der Waals surface area contributed by atoms with Crippen LogP contribution in [0.3, 0.4) is 0 Å². The number of nitrogens with one attached hydrogen (secondary N) is 2. The molecule has 3 amide bonds. The van der Waals surface area contributed by atoms with Gasteiger partial charge in [0.15, 0.2) is 0 Å².